The third-order valence-electron chi connectivity index (χ3n) is 4.83. The Bertz CT molecular complexity index is 269. The molecule has 4 nitrogen and oxygen atoms in total. The van der Waals surface area contributed by atoms with Crippen LogP contribution in [0.25, 0.3) is 0 Å². The fourth-order valence-corrected chi connectivity index (χ4v) is 3.37. The maximum atomic E-state index is 10.8. The number of hydrogen-bond acceptors (Lipinski definition) is 4. The third-order valence-corrected chi connectivity index (χ3v) is 4.83. The van der Waals surface area contributed by atoms with E-state index in [0.717, 1.165) is 65.0 Å². The number of rotatable bonds is 5. The zero-order chi connectivity index (χ0) is 13.8. The maximum Gasteiger partial charge on any atom is 0.0730 e. The molecule has 112 valence electrons. The molecule has 2 N–H and O–H groups in total. The van der Waals surface area contributed by atoms with Crippen molar-refractivity contribution in [3.8, 4) is 0 Å². The predicted molar refractivity (Wildman–Crippen MR) is 75.2 cm³/mol. The van der Waals surface area contributed by atoms with Crippen molar-refractivity contribution >= 4 is 0 Å². The molecule has 0 aliphatic carbocycles. The second kappa shape index (κ2) is 6.53. The van der Waals surface area contributed by atoms with Gasteiger partial charge in [0.1, 0.15) is 0 Å². The third kappa shape index (κ3) is 3.91. The van der Waals surface area contributed by atoms with Gasteiger partial charge in [-0.25, -0.2) is 0 Å². The van der Waals surface area contributed by atoms with Gasteiger partial charge in [-0.1, -0.05) is 6.92 Å². The molecule has 0 aromatic carbocycles. The first-order valence-electron chi connectivity index (χ1n) is 7.73. The van der Waals surface area contributed by atoms with Crippen LogP contribution in [0.15, 0.2) is 0 Å². The van der Waals surface area contributed by atoms with E-state index >= 15 is 0 Å². The Labute approximate surface area is 116 Å². The molecule has 0 saturated carbocycles. The van der Waals surface area contributed by atoms with Gasteiger partial charge in [0.15, 0.2) is 0 Å². The molecule has 2 saturated heterocycles. The van der Waals surface area contributed by atoms with E-state index in [1.165, 1.54) is 0 Å². The molecule has 0 radical (unpaired) electrons. The number of ether oxygens (including phenoxy) is 2. The van der Waals surface area contributed by atoms with Crippen LogP contribution in [0.3, 0.4) is 0 Å². The standard InChI is InChI=1S/C15H29NO3/c1-3-16-8-5-14(2,17)13-4-9-19-15(12-13)6-10-18-11-7-15/h13,16-17H,3-12H2,1-2H3. The normalized spacial score (nSPS) is 30.2. The monoisotopic (exact) mass is 271 g/mol. The Morgan fingerprint density at radius 3 is 2.74 bits per heavy atom. The number of nitrogens with one attached hydrogen (secondary N) is 1. The van der Waals surface area contributed by atoms with Gasteiger partial charge >= 0.3 is 0 Å². The topological polar surface area (TPSA) is 50.7 Å². The van der Waals surface area contributed by atoms with Crippen LogP contribution in [-0.4, -0.2) is 49.2 Å². The van der Waals surface area contributed by atoms with Crippen molar-refractivity contribution in [3.63, 3.8) is 0 Å². The first-order chi connectivity index (χ1) is 9.08. The molecular formula is C15H29NO3. The summed E-state index contributed by atoms with van der Waals surface area (Å²) >= 11 is 0. The first-order valence-corrected chi connectivity index (χ1v) is 7.73. The van der Waals surface area contributed by atoms with Gasteiger partial charge in [0.2, 0.25) is 0 Å². The summed E-state index contributed by atoms with van der Waals surface area (Å²) in [6, 6.07) is 0. The minimum absolute atomic E-state index is 0.0245. The Kier molecular flexibility index (Phi) is 5.23. The molecule has 2 atom stereocenters. The van der Waals surface area contributed by atoms with Crippen molar-refractivity contribution in [1.29, 1.82) is 0 Å². The lowest BCUT2D eigenvalue weighted by Crippen LogP contribution is -2.50. The molecular weight excluding hydrogens is 242 g/mol. The first kappa shape index (κ1) is 15.2. The van der Waals surface area contributed by atoms with E-state index in [1.54, 1.807) is 0 Å². The molecule has 19 heavy (non-hydrogen) atoms. The molecule has 2 aliphatic heterocycles. The molecule has 2 aliphatic rings. The van der Waals surface area contributed by atoms with Crippen LogP contribution < -0.4 is 5.32 Å². The molecule has 0 amide bonds. The van der Waals surface area contributed by atoms with Crippen molar-refractivity contribution in [2.24, 2.45) is 5.92 Å². The minimum atomic E-state index is -0.586. The molecule has 0 bridgehead atoms. The smallest absolute Gasteiger partial charge is 0.0730 e. The predicted octanol–water partition coefficient (Wildman–Crippen LogP) is 1.71. The van der Waals surface area contributed by atoms with E-state index < -0.39 is 5.60 Å². The summed E-state index contributed by atoms with van der Waals surface area (Å²) in [6.07, 6.45) is 4.73. The Morgan fingerprint density at radius 1 is 1.32 bits per heavy atom. The van der Waals surface area contributed by atoms with Crippen molar-refractivity contribution < 1.29 is 14.6 Å². The van der Waals surface area contributed by atoms with E-state index in [0.29, 0.717) is 5.92 Å². The molecule has 4 heteroatoms. The van der Waals surface area contributed by atoms with Gasteiger partial charge in [-0.05, 0) is 58.0 Å². The van der Waals surface area contributed by atoms with E-state index in [-0.39, 0.29) is 5.60 Å². The quantitative estimate of drug-likeness (QED) is 0.748. The summed E-state index contributed by atoms with van der Waals surface area (Å²) in [5.74, 6) is 0.345. The summed E-state index contributed by atoms with van der Waals surface area (Å²) in [5, 5.41) is 14.1. The van der Waals surface area contributed by atoms with Gasteiger partial charge in [-0.15, -0.1) is 0 Å². The highest BCUT2D eigenvalue weighted by Gasteiger charge is 2.44. The lowest BCUT2D eigenvalue weighted by Gasteiger charge is -2.47. The highest BCUT2D eigenvalue weighted by molar-refractivity contribution is 4.95. The van der Waals surface area contributed by atoms with Crippen molar-refractivity contribution in [1.82, 2.24) is 5.32 Å². The average molecular weight is 271 g/mol. The molecule has 2 rings (SSSR count). The summed E-state index contributed by atoms with van der Waals surface area (Å²) < 4.78 is 11.5. The van der Waals surface area contributed by atoms with Crippen LogP contribution in [0.5, 0.6) is 0 Å². The van der Waals surface area contributed by atoms with Crippen LogP contribution >= 0.6 is 0 Å². The maximum absolute atomic E-state index is 10.8. The van der Waals surface area contributed by atoms with Gasteiger partial charge in [0.25, 0.3) is 0 Å². The van der Waals surface area contributed by atoms with Gasteiger partial charge in [-0.2, -0.15) is 0 Å². The van der Waals surface area contributed by atoms with Gasteiger partial charge in [0, 0.05) is 19.8 Å². The fraction of sp³-hybridized carbons (Fsp3) is 1.00. The van der Waals surface area contributed by atoms with Crippen LogP contribution in [0.2, 0.25) is 0 Å². The van der Waals surface area contributed by atoms with E-state index in [4.69, 9.17) is 9.47 Å². The Morgan fingerprint density at radius 2 is 2.05 bits per heavy atom. The zero-order valence-corrected chi connectivity index (χ0v) is 12.4. The van der Waals surface area contributed by atoms with Crippen LogP contribution in [0.1, 0.15) is 46.0 Å². The van der Waals surface area contributed by atoms with Crippen molar-refractivity contribution in [2.75, 3.05) is 32.9 Å². The van der Waals surface area contributed by atoms with Gasteiger partial charge < -0.3 is 19.9 Å². The van der Waals surface area contributed by atoms with Crippen LogP contribution in [0, 0.1) is 5.92 Å². The highest BCUT2D eigenvalue weighted by atomic mass is 16.5. The summed E-state index contributed by atoms with van der Waals surface area (Å²) in [5.41, 5.74) is -0.611. The van der Waals surface area contributed by atoms with E-state index in [1.807, 2.05) is 6.92 Å². The molecule has 2 unspecified atom stereocenters. The lowest BCUT2D eigenvalue weighted by atomic mass is 9.73. The highest BCUT2D eigenvalue weighted by Crippen LogP contribution is 2.41. The van der Waals surface area contributed by atoms with E-state index in [9.17, 15) is 5.11 Å². The summed E-state index contributed by atoms with van der Waals surface area (Å²) in [4.78, 5) is 0. The van der Waals surface area contributed by atoms with Crippen molar-refractivity contribution in [2.45, 2.75) is 57.2 Å². The molecule has 2 fully saturated rings. The fourth-order valence-electron chi connectivity index (χ4n) is 3.37. The Balaban J connectivity index is 1.91. The Hall–Kier alpha value is -0.160. The SMILES string of the molecule is CCNCCC(C)(O)C1CCOC2(CCOCC2)C1. The molecule has 2 heterocycles. The summed E-state index contributed by atoms with van der Waals surface area (Å²) in [6.45, 7) is 8.32. The van der Waals surface area contributed by atoms with Gasteiger partial charge in [0.05, 0.1) is 11.2 Å². The average Bonchev–Trinajstić information content (AvgIpc) is 2.40. The lowest BCUT2D eigenvalue weighted by molar-refractivity contribution is -0.173. The van der Waals surface area contributed by atoms with Crippen LogP contribution in [-0.2, 0) is 9.47 Å². The molecule has 0 aromatic rings. The second-order valence-corrected chi connectivity index (χ2v) is 6.29. The number of aliphatic hydroxyl groups is 1. The second-order valence-electron chi connectivity index (χ2n) is 6.29. The molecule has 1 spiro atoms. The zero-order valence-electron chi connectivity index (χ0n) is 12.4. The van der Waals surface area contributed by atoms with Crippen LogP contribution in [0.4, 0.5) is 0 Å². The minimum Gasteiger partial charge on any atom is -0.390 e. The van der Waals surface area contributed by atoms with Gasteiger partial charge in [-0.3, -0.25) is 0 Å². The largest absolute Gasteiger partial charge is 0.390 e. The summed E-state index contributed by atoms with van der Waals surface area (Å²) in [7, 11) is 0. The molecule has 0 aromatic heterocycles. The number of hydrogen-bond donors (Lipinski definition) is 2. The van der Waals surface area contributed by atoms with Crippen molar-refractivity contribution in [3.05, 3.63) is 0 Å². The van der Waals surface area contributed by atoms with E-state index in [2.05, 4.69) is 12.2 Å².